The predicted molar refractivity (Wildman–Crippen MR) is 143 cm³/mol. The fourth-order valence-electron chi connectivity index (χ4n) is 4.74. The average molecular weight is 558 g/mol. The zero-order valence-electron chi connectivity index (χ0n) is 21.5. The van der Waals surface area contributed by atoms with Gasteiger partial charge in [0.2, 0.25) is 0 Å². The van der Waals surface area contributed by atoms with Crippen LogP contribution in [0.25, 0.3) is 0 Å². The third-order valence-corrected chi connectivity index (χ3v) is 31.8. The van der Waals surface area contributed by atoms with E-state index in [4.69, 9.17) is 4.43 Å². The standard InChI is InChI=1S/C14H23OSSi.3C4H9.Sn/c1-14(2,3)17(4,5)15-12-6-7-13-11(10-12)8-9-16-13;3*1-3-4-2;/h8,12H,6-7,10H2,1-5H3;3*1,3-4H2,2H3;. The number of fused-ring (bicyclic) bond motifs is 1. The van der Waals surface area contributed by atoms with Crippen molar-refractivity contribution in [1.29, 1.82) is 0 Å². The third-order valence-electron chi connectivity index (χ3n) is 7.85. The monoisotopic (exact) mass is 558 g/mol. The van der Waals surface area contributed by atoms with Crippen LogP contribution in [0.4, 0.5) is 0 Å². The minimum atomic E-state index is -2.28. The first-order valence-electron chi connectivity index (χ1n) is 12.9. The van der Waals surface area contributed by atoms with Gasteiger partial charge in [-0.3, -0.25) is 0 Å². The van der Waals surface area contributed by atoms with Crippen LogP contribution in [0.3, 0.4) is 0 Å². The van der Waals surface area contributed by atoms with Gasteiger partial charge in [0.1, 0.15) is 0 Å². The van der Waals surface area contributed by atoms with Crippen LogP contribution in [-0.2, 0) is 17.3 Å². The summed E-state index contributed by atoms with van der Waals surface area (Å²) in [7, 11) is -1.68. The Morgan fingerprint density at radius 2 is 1.53 bits per heavy atom. The van der Waals surface area contributed by atoms with Gasteiger partial charge in [-0.1, -0.05) is 0 Å². The van der Waals surface area contributed by atoms with Gasteiger partial charge in [-0.15, -0.1) is 0 Å². The van der Waals surface area contributed by atoms with E-state index in [-0.39, 0.29) is 0 Å². The Hall–Kier alpha value is 0.676. The zero-order valence-corrected chi connectivity index (χ0v) is 26.1. The molecule has 1 heterocycles. The first-order valence-corrected chi connectivity index (χ1v) is 24.1. The van der Waals surface area contributed by atoms with E-state index in [9.17, 15) is 0 Å². The van der Waals surface area contributed by atoms with Crippen molar-refractivity contribution in [1.82, 2.24) is 0 Å². The molecule has 1 nitrogen and oxygen atoms in total. The Balaban J connectivity index is 2.25. The van der Waals surface area contributed by atoms with Gasteiger partial charge in [0, 0.05) is 0 Å². The fraction of sp³-hybridized carbons (Fsp3) is 0.846. The molecule has 174 valence electrons. The molecule has 0 spiro atoms. The van der Waals surface area contributed by atoms with Crippen molar-refractivity contribution < 1.29 is 4.43 Å². The molecule has 1 aliphatic carbocycles. The molecular weight excluding hydrogens is 507 g/mol. The van der Waals surface area contributed by atoms with Crippen LogP contribution in [0.1, 0.15) is 96.9 Å². The molecule has 0 aliphatic heterocycles. The number of rotatable bonds is 12. The van der Waals surface area contributed by atoms with E-state index in [0.717, 1.165) is 0 Å². The Morgan fingerprint density at radius 3 is 2.00 bits per heavy atom. The molecular formula is C26H50OSSiSn. The zero-order chi connectivity index (χ0) is 22.4. The van der Waals surface area contributed by atoms with Crippen molar-refractivity contribution >= 4 is 40.9 Å². The van der Waals surface area contributed by atoms with Gasteiger partial charge in [0.15, 0.2) is 0 Å². The first-order chi connectivity index (χ1) is 14.1. The molecule has 0 N–H and O–H groups in total. The molecule has 30 heavy (non-hydrogen) atoms. The molecule has 1 aromatic rings. The maximum absolute atomic E-state index is 6.85. The summed E-state index contributed by atoms with van der Waals surface area (Å²) in [4.78, 5) is 1.73. The van der Waals surface area contributed by atoms with Crippen molar-refractivity contribution in [3.63, 3.8) is 0 Å². The van der Waals surface area contributed by atoms with E-state index < -0.39 is 26.7 Å². The molecule has 0 saturated heterocycles. The van der Waals surface area contributed by atoms with Gasteiger partial charge >= 0.3 is 199 Å². The summed E-state index contributed by atoms with van der Waals surface area (Å²) in [5, 5.41) is 0.305. The first kappa shape index (κ1) is 26.9. The van der Waals surface area contributed by atoms with Crippen molar-refractivity contribution in [2.75, 3.05) is 0 Å². The molecule has 0 amide bonds. The number of hydrogen-bond donors (Lipinski definition) is 0. The fourth-order valence-corrected chi connectivity index (χ4v) is 26.7. The van der Waals surface area contributed by atoms with Gasteiger partial charge in [0.25, 0.3) is 0 Å². The van der Waals surface area contributed by atoms with E-state index >= 15 is 0 Å². The third kappa shape index (κ3) is 6.84. The van der Waals surface area contributed by atoms with Crippen molar-refractivity contribution in [3.05, 3.63) is 16.5 Å². The summed E-state index contributed by atoms with van der Waals surface area (Å²) >= 11 is -0.0118. The van der Waals surface area contributed by atoms with Gasteiger partial charge in [-0.25, -0.2) is 0 Å². The number of aryl methyl sites for hydroxylation is 1. The summed E-state index contributed by atoms with van der Waals surface area (Å²) in [6.45, 7) is 19.1. The normalized spacial score (nSPS) is 17.9. The molecule has 2 rings (SSSR count). The second-order valence-corrected chi connectivity index (χ2v) is 31.4. The number of hydrogen-bond acceptors (Lipinski definition) is 2. The van der Waals surface area contributed by atoms with Crippen molar-refractivity contribution in [3.8, 4) is 0 Å². The molecule has 1 aliphatic rings. The molecule has 1 atom stereocenters. The molecule has 0 aromatic carbocycles. The van der Waals surface area contributed by atoms with Gasteiger partial charge in [-0.2, -0.15) is 0 Å². The molecule has 0 saturated carbocycles. The Kier molecular flexibility index (Phi) is 10.5. The van der Waals surface area contributed by atoms with Crippen LogP contribution >= 0.6 is 11.3 Å². The van der Waals surface area contributed by atoms with Crippen LogP contribution in [0.2, 0.25) is 31.4 Å². The quantitative estimate of drug-likeness (QED) is 0.234. The van der Waals surface area contributed by atoms with E-state index in [1.807, 2.05) is 2.89 Å². The second kappa shape index (κ2) is 11.7. The summed E-state index contributed by atoms with van der Waals surface area (Å²) in [6.07, 6.45) is 12.6. The Labute approximate surface area is 197 Å². The van der Waals surface area contributed by atoms with Crippen molar-refractivity contribution in [2.45, 2.75) is 137 Å². The summed E-state index contributed by atoms with van der Waals surface area (Å²) in [6, 6.07) is 2.73. The molecule has 4 heteroatoms. The minimum absolute atomic E-state index is 0.305. The van der Waals surface area contributed by atoms with Crippen molar-refractivity contribution in [2.24, 2.45) is 0 Å². The van der Waals surface area contributed by atoms with Crippen LogP contribution < -0.4 is 2.89 Å². The number of thiophene rings is 1. The van der Waals surface area contributed by atoms with Crippen LogP contribution in [0, 0.1) is 0 Å². The average Bonchev–Trinajstić information content (AvgIpc) is 3.10. The predicted octanol–water partition coefficient (Wildman–Crippen LogP) is 8.68. The molecule has 0 fully saturated rings. The Morgan fingerprint density at radius 1 is 1.00 bits per heavy atom. The van der Waals surface area contributed by atoms with Crippen LogP contribution in [0.15, 0.2) is 6.07 Å². The molecule has 1 aromatic heterocycles. The Bertz CT molecular complexity index is 624. The molecule has 0 radical (unpaired) electrons. The maximum atomic E-state index is 6.85. The van der Waals surface area contributed by atoms with Crippen LogP contribution in [-0.4, -0.2) is 32.8 Å². The second-order valence-electron chi connectivity index (χ2n) is 11.4. The van der Waals surface area contributed by atoms with E-state index in [1.54, 1.807) is 23.8 Å². The van der Waals surface area contributed by atoms with Gasteiger partial charge in [0.05, 0.1) is 0 Å². The van der Waals surface area contributed by atoms with Gasteiger partial charge in [-0.05, 0) is 0 Å². The summed E-state index contributed by atoms with van der Waals surface area (Å²) in [5.41, 5.74) is 1.68. The van der Waals surface area contributed by atoms with E-state index in [2.05, 4.69) is 72.0 Å². The molecule has 0 bridgehead atoms. The topological polar surface area (TPSA) is 9.23 Å². The van der Waals surface area contributed by atoms with Gasteiger partial charge < -0.3 is 0 Å². The number of unbranched alkanes of at least 4 members (excludes halogenated alkanes) is 3. The SMILES string of the molecule is CCC[CH2][Sn]([CH2]CCC)([CH2]CCC)[c]1cc2c(s1)CCC(O[Si](C)(C)C(C)(C)C)C2. The molecule has 1 unspecified atom stereocenters. The summed E-state index contributed by atoms with van der Waals surface area (Å²) < 4.78 is 13.6. The summed E-state index contributed by atoms with van der Waals surface area (Å²) in [5.74, 6) is 0. The van der Waals surface area contributed by atoms with E-state index in [0.29, 0.717) is 11.1 Å². The van der Waals surface area contributed by atoms with E-state index in [1.165, 1.54) is 57.8 Å². The van der Waals surface area contributed by atoms with Crippen LogP contribution in [0.5, 0.6) is 0 Å².